The first kappa shape index (κ1) is 15.8. The van der Waals surface area contributed by atoms with Crippen molar-refractivity contribution in [3.63, 3.8) is 0 Å². The molecular weight excluding hydrogens is 278 g/mol. The van der Waals surface area contributed by atoms with Crippen LogP contribution in [-0.2, 0) is 9.59 Å². The van der Waals surface area contributed by atoms with Crippen LogP contribution in [-0.4, -0.2) is 60.9 Å². The average molecular weight is 307 g/mol. The highest BCUT2D eigenvalue weighted by Gasteiger charge is 2.58. The first-order valence-corrected chi connectivity index (χ1v) is 8.91. The molecule has 0 aromatic heterocycles. The van der Waals surface area contributed by atoms with Gasteiger partial charge in [0.25, 0.3) is 0 Å². The van der Waals surface area contributed by atoms with E-state index < -0.39 is 5.41 Å². The smallest absolute Gasteiger partial charge is 0.238 e. The highest BCUT2D eigenvalue weighted by Crippen LogP contribution is 2.47. The normalized spacial score (nSPS) is 26.3. The largest absolute Gasteiger partial charge is 0.352 e. The zero-order valence-electron chi connectivity index (χ0n) is 13.8. The summed E-state index contributed by atoms with van der Waals surface area (Å²) in [5.41, 5.74) is -0.720. The maximum Gasteiger partial charge on any atom is 0.238 e. The molecule has 0 atom stereocenters. The molecule has 0 aromatic rings. The van der Waals surface area contributed by atoms with Gasteiger partial charge in [0, 0.05) is 32.2 Å². The molecule has 5 nitrogen and oxygen atoms in total. The van der Waals surface area contributed by atoms with E-state index in [0.29, 0.717) is 0 Å². The summed E-state index contributed by atoms with van der Waals surface area (Å²) in [6, 6.07) is 0.285. The summed E-state index contributed by atoms with van der Waals surface area (Å²) >= 11 is 0. The van der Waals surface area contributed by atoms with Gasteiger partial charge in [0.15, 0.2) is 0 Å². The van der Waals surface area contributed by atoms with E-state index in [4.69, 9.17) is 0 Å². The van der Waals surface area contributed by atoms with Crippen LogP contribution in [0.4, 0.5) is 0 Å². The zero-order valence-corrected chi connectivity index (χ0v) is 13.8. The lowest BCUT2D eigenvalue weighted by atomic mass is 10.0. The number of hydrogen-bond acceptors (Lipinski definition) is 3. The van der Waals surface area contributed by atoms with Crippen LogP contribution in [0.2, 0.25) is 0 Å². The standard InChI is InChI=1S/C17H29N3O2/c1-19-10-12-20(13-11-19)16(22)17(8-9-17)15(21)18-14-6-4-2-3-5-7-14/h14H,2-13H2,1H3,(H,18,21). The van der Waals surface area contributed by atoms with Gasteiger partial charge >= 0.3 is 0 Å². The molecule has 3 rings (SSSR count). The highest BCUT2D eigenvalue weighted by molar-refractivity contribution is 6.08. The SMILES string of the molecule is CN1CCN(C(=O)C2(C(=O)NC3CCCCCC3)CC2)CC1. The number of hydrogen-bond donors (Lipinski definition) is 1. The Kier molecular flexibility index (Phi) is 4.71. The van der Waals surface area contributed by atoms with Crippen LogP contribution in [0.5, 0.6) is 0 Å². The first-order chi connectivity index (χ1) is 10.6. The van der Waals surface area contributed by atoms with E-state index in [1.165, 1.54) is 25.7 Å². The second-order valence-electron chi connectivity index (χ2n) is 7.34. The lowest BCUT2D eigenvalue weighted by Crippen LogP contribution is -2.53. The summed E-state index contributed by atoms with van der Waals surface area (Å²) < 4.78 is 0. The van der Waals surface area contributed by atoms with Crippen LogP contribution in [0.1, 0.15) is 51.4 Å². The lowest BCUT2D eigenvalue weighted by molar-refractivity contribution is -0.145. The molecule has 0 radical (unpaired) electrons. The summed E-state index contributed by atoms with van der Waals surface area (Å²) in [5, 5.41) is 3.19. The number of nitrogens with one attached hydrogen (secondary N) is 1. The molecule has 1 aliphatic heterocycles. The zero-order chi connectivity index (χ0) is 15.6. The molecule has 3 fully saturated rings. The van der Waals surface area contributed by atoms with Crippen molar-refractivity contribution in [2.45, 2.75) is 57.4 Å². The summed E-state index contributed by atoms with van der Waals surface area (Å²) in [5.74, 6) is 0.0788. The molecule has 2 amide bonds. The predicted molar refractivity (Wildman–Crippen MR) is 85.4 cm³/mol. The Morgan fingerprint density at radius 2 is 1.55 bits per heavy atom. The Hall–Kier alpha value is -1.10. The van der Waals surface area contributed by atoms with Crippen LogP contribution < -0.4 is 5.32 Å². The van der Waals surface area contributed by atoms with Gasteiger partial charge in [-0.3, -0.25) is 9.59 Å². The average Bonchev–Trinajstić information content (AvgIpc) is 3.33. The first-order valence-electron chi connectivity index (χ1n) is 8.91. The summed E-state index contributed by atoms with van der Waals surface area (Å²) in [7, 11) is 2.08. The van der Waals surface area contributed by atoms with Gasteiger partial charge in [-0.15, -0.1) is 0 Å². The Labute approximate surface area is 133 Å². The quantitative estimate of drug-likeness (QED) is 0.633. The monoisotopic (exact) mass is 307 g/mol. The van der Waals surface area contributed by atoms with Gasteiger partial charge in [0.2, 0.25) is 11.8 Å². The Morgan fingerprint density at radius 1 is 0.955 bits per heavy atom. The number of nitrogens with zero attached hydrogens (tertiary/aromatic N) is 2. The van der Waals surface area contributed by atoms with Gasteiger partial charge in [-0.05, 0) is 32.7 Å². The molecule has 124 valence electrons. The molecule has 1 heterocycles. The fourth-order valence-electron chi connectivity index (χ4n) is 3.72. The van der Waals surface area contributed by atoms with E-state index in [0.717, 1.165) is 51.9 Å². The molecule has 0 spiro atoms. The number of likely N-dealkylation sites (N-methyl/N-ethyl adjacent to an activating group) is 1. The minimum absolute atomic E-state index is 0.00308. The number of amides is 2. The molecule has 2 saturated carbocycles. The third kappa shape index (κ3) is 3.29. The summed E-state index contributed by atoms with van der Waals surface area (Å²) in [6.07, 6.45) is 8.56. The lowest BCUT2D eigenvalue weighted by Gasteiger charge is -2.34. The maximum absolute atomic E-state index is 12.8. The number of rotatable bonds is 3. The van der Waals surface area contributed by atoms with E-state index in [1.54, 1.807) is 0 Å². The van der Waals surface area contributed by atoms with E-state index in [2.05, 4.69) is 17.3 Å². The maximum atomic E-state index is 12.8. The Balaban J connectivity index is 1.57. The van der Waals surface area contributed by atoms with Gasteiger partial charge < -0.3 is 15.1 Å². The molecular formula is C17H29N3O2. The third-order valence-electron chi connectivity index (χ3n) is 5.57. The van der Waals surface area contributed by atoms with Crippen LogP contribution in [0.3, 0.4) is 0 Å². The van der Waals surface area contributed by atoms with Crippen molar-refractivity contribution in [1.82, 2.24) is 15.1 Å². The van der Waals surface area contributed by atoms with Crippen LogP contribution in [0, 0.1) is 5.41 Å². The van der Waals surface area contributed by atoms with Gasteiger partial charge in [-0.25, -0.2) is 0 Å². The van der Waals surface area contributed by atoms with Crippen LogP contribution in [0.15, 0.2) is 0 Å². The molecule has 22 heavy (non-hydrogen) atoms. The molecule has 1 N–H and O–H groups in total. The van der Waals surface area contributed by atoms with Crippen molar-refractivity contribution in [2.75, 3.05) is 33.2 Å². The number of piperazine rings is 1. The fourth-order valence-corrected chi connectivity index (χ4v) is 3.72. The molecule has 5 heteroatoms. The molecule has 1 saturated heterocycles. The number of carbonyl (C=O) groups excluding carboxylic acids is 2. The molecule has 0 bridgehead atoms. The fraction of sp³-hybridized carbons (Fsp3) is 0.882. The number of carbonyl (C=O) groups is 2. The topological polar surface area (TPSA) is 52.7 Å². The minimum Gasteiger partial charge on any atom is -0.352 e. The Bertz CT molecular complexity index is 418. The third-order valence-corrected chi connectivity index (χ3v) is 5.57. The molecule has 0 unspecified atom stereocenters. The van der Waals surface area contributed by atoms with Crippen molar-refractivity contribution in [3.8, 4) is 0 Å². The van der Waals surface area contributed by atoms with Gasteiger partial charge in [-0.2, -0.15) is 0 Å². The predicted octanol–water partition coefficient (Wildman–Crippen LogP) is 1.38. The van der Waals surface area contributed by atoms with E-state index in [9.17, 15) is 9.59 Å². The van der Waals surface area contributed by atoms with E-state index in [1.807, 2.05) is 4.90 Å². The Morgan fingerprint density at radius 3 is 2.09 bits per heavy atom. The summed E-state index contributed by atoms with van der Waals surface area (Å²) in [4.78, 5) is 29.6. The van der Waals surface area contributed by atoms with Crippen molar-refractivity contribution < 1.29 is 9.59 Å². The van der Waals surface area contributed by atoms with Gasteiger partial charge in [0.1, 0.15) is 5.41 Å². The highest BCUT2D eigenvalue weighted by atomic mass is 16.2. The second-order valence-corrected chi connectivity index (χ2v) is 7.34. The van der Waals surface area contributed by atoms with Crippen molar-refractivity contribution >= 4 is 11.8 Å². The van der Waals surface area contributed by atoms with Crippen molar-refractivity contribution in [3.05, 3.63) is 0 Å². The van der Waals surface area contributed by atoms with Gasteiger partial charge in [-0.1, -0.05) is 25.7 Å². The van der Waals surface area contributed by atoms with Gasteiger partial charge in [0.05, 0.1) is 0 Å². The second kappa shape index (κ2) is 6.57. The van der Waals surface area contributed by atoms with Crippen LogP contribution in [0.25, 0.3) is 0 Å². The van der Waals surface area contributed by atoms with Crippen molar-refractivity contribution in [2.24, 2.45) is 5.41 Å². The van der Waals surface area contributed by atoms with E-state index in [-0.39, 0.29) is 17.9 Å². The van der Waals surface area contributed by atoms with Crippen LogP contribution >= 0.6 is 0 Å². The summed E-state index contributed by atoms with van der Waals surface area (Å²) in [6.45, 7) is 3.33. The molecule has 2 aliphatic carbocycles. The minimum atomic E-state index is -0.720. The molecule has 3 aliphatic rings. The van der Waals surface area contributed by atoms with Crippen molar-refractivity contribution in [1.29, 1.82) is 0 Å². The molecule has 0 aromatic carbocycles. The van der Waals surface area contributed by atoms with E-state index >= 15 is 0 Å².